The first-order valence-electron chi connectivity index (χ1n) is 4.96. The molecule has 0 amide bonds. The van der Waals surface area contributed by atoms with Gasteiger partial charge in [0.25, 0.3) is 0 Å². The van der Waals surface area contributed by atoms with Gasteiger partial charge in [0.2, 0.25) is 5.78 Å². The molecule has 0 saturated heterocycles. The second kappa shape index (κ2) is 4.81. The smallest absolute Gasteiger partial charge is 0.206 e. The molecule has 1 atom stereocenters. The van der Waals surface area contributed by atoms with Crippen molar-refractivity contribution in [2.24, 2.45) is 0 Å². The van der Waals surface area contributed by atoms with E-state index >= 15 is 0 Å². The molecule has 0 aliphatic heterocycles. The highest BCUT2D eigenvalue weighted by atomic mass is 16.3. The van der Waals surface area contributed by atoms with Crippen molar-refractivity contribution in [2.45, 2.75) is 19.4 Å². The number of hydrogen-bond donors (Lipinski definition) is 2. The Bertz CT molecular complexity index is 507. The number of hydrogen-bond acceptors (Lipinski definition) is 4. The summed E-state index contributed by atoms with van der Waals surface area (Å²) < 4.78 is 0. The Hall–Kier alpha value is -2.12. The van der Waals surface area contributed by atoms with E-state index in [1.165, 1.54) is 6.08 Å². The van der Waals surface area contributed by atoms with Gasteiger partial charge in [0.1, 0.15) is 0 Å². The van der Waals surface area contributed by atoms with Crippen molar-refractivity contribution in [3.05, 3.63) is 35.6 Å². The van der Waals surface area contributed by atoms with E-state index in [9.17, 15) is 14.7 Å². The molecule has 0 unspecified atom stereocenters. The van der Waals surface area contributed by atoms with Gasteiger partial charge >= 0.3 is 0 Å². The lowest BCUT2D eigenvalue weighted by molar-refractivity contribution is -0.144. The Balaban J connectivity index is 3.29. The molecule has 0 heterocycles. The van der Waals surface area contributed by atoms with Crippen LogP contribution in [0.2, 0.25) is 0 Å². The summed E-state index contributed by atoms with van der Waals surface area (Å²) in [4.78, 5) is 23.2. The van der Waals surface area contributed by atoms with Crippen LogP contribution in [0.4, 0.5) is 0 Å². The minimum atomic E-state index is -2.12. The normalized spacial score (nSPS) is 27.0. The van der Waals surface area contributed by atoms with E-state index in [0.717, 1.165) is 13.0 Å². The van der Waals surface area contributed by atoms with E-state index < -0.39 is 17.2 Å². The number of ketones is 2. The average Bonchev–Trinajstić information content (AvgIpc) is 2.28. The van der Waals surface area contributed by atoms with Crippen LogP contribution < -0.4 is 0 Å². The molecule has 1 aliphatic rings. The first-order chi connectivity index (χ1) is 7.95. The quantitative estimate of drug-likeness (QED) is 0.281. The third-order valence-electron chi connectivity index (χ3n) is 2.32. The van der Waals surface area contributed by atoms with Crippen LogP contribution in [0, 0.1) is 11.8 Å². The SMILES string of the molecule is C/C=C/C#CC1=CC(=O)[C@@](C)(O)C(=O)/C1=C/O. The lowest BCUT2D eigenvalue weighted by Gasteiger charge is -2.24. The number of carbonyl (C=O) groups is 2. The van der Waals surface area contributed by atoms with Crippen molar-refractivity contribution in [1.29, 1.82) is 0 Å². The maximum Gasteiger partial charge on any atom is 0.206 e. The van der Waals surface area contributed by atoms with Crippen LogP contribution in [0.15, 0.2) is 35.6 Å². The van der Waals surface area contributed by atoms with Crippen LogP contribution in [-0.2, 0) is 9.59 Å². The summed E-state index contributed by atoms with van der Waals surface area (Å²) in [5.74, 6) is 3.58. The zero-order valence-corrected chi connectivity index (χ0v) is 9.52. The summed E-state index contributed by atoms with van der Waals surface area (Å²) in [5, 5.41) is 18.6. The second-order valence-electron chi connectivity index (χ2n) is 3.64. The van der Waals surface area contributed by atoms with Gasteiger partial charge in [0, 0.05) is 11.6 Å². The summed E-state index contributed by atoms with van der Waals surface area (Å²) in [5.41, 5.74) is -2.18. The van der Waals surface area contributed by atoms with Gasteiger partial charge in [-0.25, -0.2) is 0 Å². The highest BCUT2D eigenvalue weighted by Crippen LogP contribution is 2.25. The zero-order chi connectivity index (χ0) is 13.1. The molecule has 0 fully saturated rings. The van der Waals surface area contributed by atoms with Crippen molar-refractivity contribution in [3.8, 4) is 11.8 Å². The van der Waals surface area contributed by atoms with E-state index in [-0.39, 0.29) is 11.1 Å². The Kier molecular flexibility index (Phi) is 3.66. The van der Waals surface area contributed by atoms with Gasteiger partial charge in [-0.15, -0.1) is 0 Å². The molecule has 0 aromatic carbocycles. The summed E-state index contributed by atoms with van der Waals surface area (Å²) in [6.45, 7) is 2.86. The largest absolute Gasteiger partial charge is 0.515 e. The van der Waals surface area contributed by atoms with Crippen LogP contribution in [0.1, 0.15) is 13.8 Å². The van der Waals surface area contributed by atoms with E-state index in [2.05, 4.69) is 11.8 Å². The predicted molar refractivity (Wildman–Crippen MR) is 62.0 cm³/mol. The van der Waals surface area contributed by atoms with Gasteiger partial charge in [-0.1, -0.05) is 17.9 Å². The van der Waals surface area contributed by atoms with E-state index in [1.54, 1.807) is 13.0 Å². The standard InChI is InChI=1S/C13H12O4/c1-3-4-5-6-9-7-11(15)13(2,17)12(16)10(9)8-14/h3-4,7-8,14,17H,1-2H3/b4-3+,10-8+/t13-/m1/s1. The topological polar surface area (TPSA) is 74.6 Å². The fourth-order valence-electron chi connectivity index (χ4n) is 1.28. The third-order valence-corrected chi connectivity index (χ3v) is 2.32. The predicted octanol–water partition coefficient (Wildman–Crippen LogP) is 0.837. The number of rotatable bonds is 0. The van der Waals surface area contributed by atoms with Gasteiger partial charge in [-0.2, -0.15) is 0 Å². The van der Waals surface area contributed by atoms with Gasteiger partial charge in [0.15, 0.2) is 11.4 Å². The number of Topliss-reactive ketones (excluding diaryl/α,β-unsaturated/α-hetero) is 1. The Morgan fingerprint density at radius 2 is 2.06 bits per heavy atom. The molecule has 0 aromatic heterocycles. The van der Waals surface area contributed by atoms with Crippen LogP contribution in [-0.4, -0.2) is 27.4 Å². The van der Waals surface area contributed by atoms with Gasteiger partial charge in [0.05, 0.1) is 11.8 Å². The van der Waals surface area contributed by atoms with Crippen molar-refractivity contribution >= 4 is 11.6 Å². The molecular weight excluding hydrogens is 220 g/mol. The second-order valence-corrected chi connectivity index (χ2v) is 3.64. The minimum absolute atomic E-state index is 0.104. The molecular formula is C13H12O4. The van der Waals surface area contributed by atoms with Crippen molar-refractivity contribution in [3.63, 3.8) is 0 Å². The molecule has 1 aliphatic carbocycles. The molecule has 1 rings (SSSR count). The van der Waals surface area contributed by atoms with Crippen LogP contribution in [0.3, 0.4) is 0 Å². The highest BCUT2D eigenvalue weighted by molar-refractivity contribution is 6.25. The molecule has 2 N–H and O–H groups in total. The lowest BCUT2D eigenvalue weighted by Crippen LogP contribution is -2.46. The number of carbonyl (C=O) groups excluding carboxylic acids is 2. The maximum atomic E-state index is 11.7. The van der Waals surface area contributed by atoms with E-state index in [1.807, 2.05) is 0 Å². The van der Waals surface area contributed by atoms with Gasteiger partial charge in [-0.05, 0) is 19.9 Å². The molecule has 0 radical (unpaired) electrons. The molecule has 4 nitrogen and oxygen atoms in total. The molecule has 0 aromatic rings. The van der Waals surface area contributed by atoms with Crippen molar-refractivity contribution < 1.29 is 19.8 Å². The summed E-state index contributed by atoms with van der Waals surface area (Å²) in [6, 6.07) is 0. The minimum Gasteiger partial charge on any atom is -0.515 e. The van der Waals surface area contributed by atoms with E-state index in [4.69, 9.17) is 5.11 Å². The number of aliphatic hydroxyl groups is 2. The highest BCUT2D eigenvalue weighted by Gasteiger charge is 2.43. The number of allylic oxidation sites excluding steroid dienone is 3. The molecule has 0 bridgehead atoms. The summed E-state index contributed by atoms with van der Waals surface area (Å²) >= 11 is 0. The Morgan fingerprint density at radius 3 is 2.59 bits per heavy atom. The molecule has 88 valence electrons. The molecule has 0 spiro atoms. The fraction of sp³-hybridized carbons (Fsp3) is 0.231. The average molecular weight is 232 g/mol. The number of aliphatic hydroxyl groups excluding tert-OH is 1. The fourth-order valence-corrected chi connectivity index (χ4v) is 1.28. The summed E-state index contributed by atoms with van der Waals surface area (Å²) in [7, 11) is 0. The third kappa shape index (κ3) is 2.35. The monoisotopic (exact) mass is 232 g/mol. The van der Waals surface area contributed by atoms with Gasteiger partial charge < -0.3 is 10.2 Å². The summed E-state index contributed by atoms with van der Waals surface area (Å²) in [6.07, 6.45) is 4.84. The van der Waals surface area contributed by atoms with Crippen LogP contribution in [0.5, 0.6) is 0 Å². The maximum absolute atomic E-state index is 11.7. The van der Waals surface area contributed by atoms with E-state index in [0.29, 0.717) is 6.26 Å². The molecule has 0 saturated carbocycles. The Morgan fingerprint density at radius 1 is 1.41 bits per heavy atom. The van der Waals surface area contributed by atoms with Crippen LogP contribution in [0.25, 0.3) is 0 Å². The van der Waals surface area contributed by atoms with Crippen molar-refractivity contribution in [2.75, 3.05) is 0 Å². The van der Waals surface area contributed by atoms with Gasteiger partial charge in [-0.3, -0.25) is 9.59 Å². The lowest BCUT2D eigenvalue weighted by atomic mass is 9.81. The first kappa shape index (κ1) is 12.9. The molecule has 4 heteroatoms. The van der Waals surface area contributed by atoms with Crippen molar-refractivity contribution in [1.82, 2.24) is 0 Å². The Labute approximate surface area is 99.0 Å². The van der Waals surface area contributed by atoms with Crippen LogP contribution >= 0.6 is 0 Å². The first-order valence-corrected chi connectivity index (χ1v) is 4.96. The molecule has 17 heavy (non-hydrogen) atoms. The zero-order valence-electron chi connectivity index (χ0n) is 9.52.